The van der Waals surface area contributed by atoms with E-state index < -0.39 is 0 Å². The van der Waals surface area contributed by atoms with Gasteiger partial charge < -0.3 is 13.9 Å². The molecule has 0 atom stereocenters. The molecule has 0 aliphatic heterocycles. The number of fused-ring (bicyclic) bond motifs is 6. The maximum atomic E-state index is 9.45. The fourth-order valence-electron chi connectivity index (χ4n) is 8.64. The van der Waals surface area contributed by atoms with Crippen molar-refractivity contribution in [2.75, 3.05) is 4.90 Å². The summed E-state index contributed by atoms with van der Waals surface area (Å²) in [6, 6.07) is 77.0. The van der Waals surface area contributed by atoms with Crippen LogP contribution in [0.15, 0.2) is 217 Å². The molecule has 4 nitrogen and oxygen atoms in total. The average Bonchev–Trinajstić information content (AvgIpc) is 3.85. The first kappa shape index (κ1) is 34.1. The van der Waals surface area contributed by atoms with E-state index in [0.717, 1.165) is 89.1 Å². The number of nitrogens with zero attached hydrogens (tertiary/aromatic N) is 3. The van der Waals surface area contributed by atoms with Crippen molar-refractivity contribution >= 4 is 60.8 Å². The molecule has 4 heteroatoms. The molecule has 0 N–H and O–H groups in total. The number of para-hydroxylation sites is 4. The molecule has 9 aromatic carbocycles. The van der Waals surface area contributed by atoms with E-state index in [2.05, 4.69) is 191 Å². The largest absolute Gasteiger partial charge is 0.456 e. The molecule has 0 unspecified atom stereocenters. The lowest BCUT2D eigenvalue weighted by Gasteiger charge is -2.26. The van der Waals surface area contributed by atoms with Gasteiger partial charge in [-0.2, -0.15) is 5.26 Å². The number of rotatable bonds is 7. The molecule has 0 saturated carbocycles. The zero-order chi connectivity index (χ0) is 39.3. The van der Waals surface area contributed by atoms with Crippen LogP contribution in [-0.4, -0.2) is 4.57 Å². The summed E-state index contributed by atoms with van der Waals surface area (Å²) in [7, 11) is 0. The van der Waals surface area contributed by atoms with Crippen LogP contribution in [-0.2, 0) is 0 Å². The van der Waals surface area contributed by atoms with Crippen LogP contribution in [0.5, 0.6) is 0 Å². The third-order valence-corrected chi connectivity index (χ3v) is 11.4. The highest BCUT2D eigenvalue weighted by Crippen LogP contribution is 2.43. The molecule has 0 fully saturated rings. The van der Waals surface area contributed by atoms with E-state index >= 15 is 0 Å². The van der Waals surface area contributed by atoms with Crippen LogP contribution in [0.2, 0.25) is 0 Å². The molecule has 0 aliphatic rings. The minimum absolute atomic E-state index is 0.646. The van der Waals surface area contributed by atoms with Crippen molar-refractivity contribution < 1.29 is 4.42 Å². The van der Waals surface area contributed by atoms with Gasteiger partial charge in [0, 0.05) is 44.3 Å². The van der Waals surface area contributed by atoms with E-state index in [-0.39, 0.29) is 0 Å². The Bertz CT molecular complexity index is 3350. The molecular formula is C55H35N3O. The molecule has 0 aliphatic carbocycles. The highest BCUT2D eigenvalue weighted by molar-refractivity contribution is 6.11. The van der Waals surface area contributed by atoms with Crippen LogP contribution in [0.3, 0.4) is 0 Å². The summed E-state index contributed by atoms with van der Waals surface area (Å²) in [5.41, 5.74) is 15.7. The van der Waals surface area contributed by atoms with Crippen molar-refractivity contribution in [3.05, 3.63) is 218 Å². The predicted molar refractivity (Wildman–Crippen MR) is 244 cm³/mol. The van der Waals surface area contributed by atoms with Crippen LogP contribution in [0, 0.1) is 11.3 Å². The third kappa shape index (κ3) is 5.93. The van der Waals surface area contributed by atoms with Crippen molar-refractivity contribution in [1.82, 2.24) is 4.57 Å². The van der Waals surface area contributed by atoms with Crippen molar-refractivity contribution in [2.24, 2.45) is 0 Å². The maximum Gasteiger partial charge on any atom is 0.135 e. The Morgan fingerprint density at radius 1 is 0.390 bits per heavy atom. The quantitative estimate of drug-likeness (QED) is 0.163. The van der Waals surface area contributed by atoms with Gasteiger partial charge in [0.1, 0.15) is 11.2 Å². The Morgan fingerprint density at radius 2 is 0.983 bits per heavy atom. The Labute approximate surface area is 341 Å². The van der Waals surface area contributed by atoms with Crippen molar-refractivity contribution in [1.29, 1.82) is 5.26 Å². The molecule has 276 valence electrons. The number of hydrogen-bond donors (Lipinski definition) is 0. The highest BCUT2D eigenvalue weighted by atomic mass is 16.3. The number of hydrogen-bond acceptors (Lipinski definition) is 3. The van der Waals surface area contributed by atoms with Gasteiger partial charge >= 0.3 is 0 Å². The summed E-state index contributed by atoms with van der Waals surface area (Å²) in [6.45, 7) is 0. The minimum Gasteiger partial charge on any atom is -0.456 e. The SMILES string of the molecule is N#Cc1ccc(-n2c3ccccc3c3cc(-c4ccc(-c5cccc(N(c6ccccc6)c6ccccc6)c5)c(-c5ccc6oc7ccccc7c6c5)c4)ccc32)cc1. The number of benzene rings is 9. The Kier molecular flexibility index (Phi) is 8.17. The molecule has 2 aromatic heterocycles. The van der Waals surface area contributed by atoms with Gasteiger partial charge in [-0.15, -0.1) is 0 Å². The van der Waals surface area contributed by atoms with Crippen LogP contribution < -0.4 is 4.90 Å². The second kappa shape index (κ2) is 14.1. The molecule has 11 aromatic rings. The van der Waals surface area contributed by atoms with Gasteiger partial charge in [-0.1, -0.05) is 109 Å². The van der Waals surface area contributed by atoms with E-state index in [1.165, 1.54) is 10.8 Å². The summed E-state index contributed by atoms with van der Waals surface area (Å²) in [5, 5.41) is 14.0. The maximum absolute atomic E-state index is 9.45. The second-order valence-corrected chi connectivity index (χ2v) is 14.9. The first-order valence-electron chi connectivity index (χ1n) is 19.8. The number of aromatic nitrogens is 1. The molecule has 0 bridgehead atoms. The van der Waals surface area contributed by atoms with Crippen molar-refractivity contribution in [2.45, 2.75) is 0 Å². The van der Waals surface area contributed by atoms with E-state index in [1.54, 1.807) is 0 Å². The number of furan rings is 1. The van der Waals surface area contributed by atoms with Crippen LogP contribution in [0.1, 0.15) is 5.56 Å². The summed E-state index contributed by atoms with van der Waals surface area (Å²) in [6.07, 6.45) is 0. The molecule has 0 amide bonds. The fourth-order valence-corrected chi connectivity index (χ4v) is 8.64. The van der Waals surface area contributed by atoms with Crippen LogP contribution in [0.25, 0.3) is 82.8 Å². The summed E-state index contributed by atoms with van der Waals surface area (Å²) in [5.74, 6) is 0. The summed E-state index contributed by atoms with van der Waals surface area (Å²) < 4.78 is 8.56. The summed E-state index contributed by atoms with van der Waals surface area (Å²) >= 11 is 0. The zero-order valence-corrected chi connectivity index (χ0v) is 32.0. The van der Waals surface area contributed by atoms with Crippen molar-refractivity contribution in [3.63, 3.8) is 0 Å². The van der Waals surface area contributed by atoms with Crippen LogP contribution >= 0.6 is 0 Å². The fraction of sp³-hybridized carbons (Fsp3) is 0. The number of anilines is 3. The Morgan fingerprint density at radius 3 is 1.76 bits per heavy atom. The first-order chi connectivity index (χ1) is 29.2. The van der Waals surface area contributed by atoms with Gasteiger partial charge in [-0.25, -0.2) is 0 Å². The van der Waals surface area contributed by atoms with Gasteiger partial charge in [0.05, 0.1) is 22.7 Å². The molecular weight excluding hydrogens is 719 g/mol. The minimum atomic E-state index is 0.646. The van der Waals surface area contributed by atoms with Gasteiger partial charge in [-0.3, -0.25) is 0 Å². The standard InChI is InChI=1S/C55H35N3O/c56-36-37-22-27-44(28-23-37)58-52-20-9-7-18-47(52)50-34-39(25-30-53(50)58)38-24-29-46(49(33-38)41-26-31-55-51(35-41)48-19-8-10-21-54(48)59-55)40-12-11-17-45(32-40)57(42-13-3-1-4-14-42)43-15-5-2-6-16-43/h1-35H. The highest BCUT2D eigenvalue weighted by Gasteiger charge is 2.18. The lowest BCUT2D eigenvalue weighted by atomic mass is 9.90. The number of nitriles is 1. The van der Waals surface area contributed by atoms with Gasteiger partial charge in [0.25, 0.3) is 0 Å². The zero-order valence-electron chi connectivity index (χ0n) is 32.0. The van der Waals surface area contributed by atoms with Crippen molar-refractivity contribution in [3.8, 4) is 45.1 Å². The molecule has 59 heavy (non-hydrogen) atoms. The predicted octanol–water partition coefficient (Wildman–Crippen LogP) is 15.0. The first-order valence-corrected chi connectivity index (χ1v) is 19.8. The third-order valence-electron chi connectivity index (χ3n) is 11.4. The molecule has 11 rings (SSSR count). The lowest BCUT2D eigenvalue weighted by molar-refractivity contribution is 0.669. The topological polar surface area (TPSA) is 45.1 Å². The van der Waals surface area contributed by atoms with E-state index in [1.807, 2.05) is 36.4 Å². The molecule has 0 saturated heterocycles. The molecule has 2 heterocycles. The van der Waals surface area contributed by atoms with Gasteiger partial charge in [0.2, 0.25) is 0 Å². The second-order valence-electron chi connectivity index (χ2n) is 14.9. The summed E-state index contributed by atoms with van der Waals surface area (Å²) in [4.78, 5) is 2.31. The van der Waals surface area contributed by atoms with Gasteiger partial charge in [-0.05, 0) is 137 Å². The Hall–Kier alpha value is -8.13. The molecule has 0 spiro atoms. The molecule has 0 radical (unpaired) electrons. The van der Waals surface area contributed by atoms with Gasteiger partial charge in [0.15, 0.2) is 0 Å². The van der Waals surface area contributed by atoms with E-state index in [4.69, 9.17) is 4.42 Å². The van der Waals surface area contributed by atoms with E-state index in [0.29, 0.717) is 5.56 Å². The van der Waals surface area contributed by atoms with E-state index in [9.17, 15) is 5.26 Å². The smallest absolute Gasteiger partial charge is 0.135 e. The monoisotopic (exact) mass is 753 g/mol. The average molecular weight is 754 g/mol. The normalized spacial score (nSPS) is 11.4. The Balaban J connectivity index is 1.09. The lowest BCUT2D eigenvalue weighted by Crippen LogP contribution is -2.09. The van der Waals surface area contributed by atoms with Crippen LogP contribution in [0.4, 0.5) is 17.1 Å².